The quantitative estimate of drug-likeness (QED) is 0.505. The van der Waals surface area contributed by atoms with E-state index in [9.17, 15) is 4.79 Å². The van der Waals surface area contributed by atoms with E-state index >= 15 is 0 Å². The fraction of sp³-hybridized carbons (Fsp3) is 0.750. The van der Waals surface area contributed by atoms with Gasteiger partial charge in [0.25, 0.3) is 0 Å². The average Bonchev–Trinajstić information content (AvgIpc) is 1.78. The van der Waals surface area contributed by atoms with E-state index in [1.54, 1.807) is 0 Å². The zero-order chi connectivity index (χ0) is 11.4. The first-order valence-electron chi connectivity index (χ1n) is 4.91. The molecule has 0 radical (unpaired) electrons. The normalized spacial score (nSPS) is 11.6. The van der Waals surface area contributed by atoms with Crippen molar-refractivity contribution in [3.05, 3.63) is 0 Å². The Morgan fingerprint density at radius 3 is 2.00 bits per heavy atom. The highest BCUT2D eigenvalue weighted by atomic mass is 16.1. The van der Waals surface area contributed by atoms with E-state index in [2.05, 4.69) is 17.3 Å². The molecule has 0 aromatic carbocycles. The topological polar surface area (TPSA) is 29.1 Å². The number of nitrogens with one attached hydrogen (secondary N) is 1. The lowest BCUT2D eigenvalue weighted by Crippen LogP contribution is -2.24. The van der Waals surface area contributed by atoms with Gasteiger partial charge in [0.15, 0.2) is 0 Å². The van der Waals surface area contributed by atoms with Gasteiger partial charge in [0.1, 0.15) is 0 Å². The van der Waals surface area contributed by atoms with Crippen LogP contribution in [0.5, 0.6) is 0 Å². The minimum Gasteiger partial charge on any atom is -0.285 e. The maximum Gasteiger partial charge on any atom is 0.231 e. The fourth-order valence-electron chi connectivity index (χ4n) is 0.814. The van der Waals surface area contributed by atoms with Crippen LogP contribution in [0.3, 0.4) is 0 Å². The van der Waals surface area contributed by atoms with Crippen LogP contribution in [0.1, 0.15) is 48.0 Å². The van der Waals surface area contributed by atoms with Gasteiger partial charge in [0.05, 0.1) is 0 Å². The second-order valence-corrected chi connectivity index (χ2v) is 5.79. The Morgan fingerprint density at radius 2 is 1.64 bits per heavy atom. The summed E-state index contributed by atoms with van der Waals surface area (Å²) in [6.45, 7) is 12.1. The number of carbonyl (C=O) groups excluding carboxylic acids is 1. The Kier molecular flexibility index (Phi) is 4.19. The average molecular weight is 195 g/mol. The van der Waals surface area contributed by atoms with Gasteiger partial charge in [-0.15, -0.1) is 0 Å². The number of rotatable bonds is 1. The minimum absolute atomic E-state index is 0.00532. The molecule has 0 unspecified atom stereocenters. The van der Waals surface area contributed by atoms with Gasteiger partial charge < -0.3 is 0 Å². The molecule has 0 aromatic rings. The fourth-order valence-corrected chi connectivity index (χ4v) is 0.814. The molecule has 0 atom stereocenters. The summed E-state index contributed by atoms with van der Waals surface area (Å²) >= 11 is 0. The van der Waals surface area contributed by atoms with Crippen molar-refractivity contribution in [3.63, 3.8) is 0 Å². The Bertz CT molecular complexity index is 255. The van der Waals surface area contributed by atoms with Crippen LogP contribution in [0.25, 0.3) is 0 Å². The van der Waals surface area contributed by atoms with E-state index in [1.807, 2.05) is 41.5 Å². The lowest BCUT2D eigenvalue weighted by molar-refractivity contribution is -0.121. The summed E-state index contributed by atoms with van der Waals surface area (Å²) in [7, 11) is 0. The van der Waals surface area contributed by atoms with Crippen LogP contribution < -0.4 is 5.32 Å². The van der Waals surface area contributed by atoms with E-state index in [4.69, 9.17) is 0 Å². The molecule has 0 fully saturated rings. The monoisotopic (exact) mass is 195 g/mol. The van der Waals surface area contributed by atoms with Crippen molar-refractivity contribution in [1.82, 2.24) is 5.32 Å². The van der Waals surface area contributed by atoms with Crippen molar-refractivity contribution < 1.29 is 4.79 Å². The zero-order valence-corrected chi connectivity index (χ0v) is 10.1. The highest BCUT2D eigenvalue weighted by Crippen LogP contribution is 2.17. The third-order valence-corrected chi connectivity index (χ3v) is 1.33. The van der Waals surface area contributed by atoms with Crippen molar-refractivity contribution in [3.8, 4) is 12.0 Å². The van der Waals surface area contributed by atoms with Crippen molar-refractivity contribution in [2.75, 3.05) is 0 Å². The van der Waals surface area contributed by atoms with Gasteiger partial charge in [0, 0.05) is 17.9 Å². The Balaban J connectivity index is 4.03. The van der Waals surface area contributed by atoms with Gasteiger partial charge >= 0.3 is 0 Å². The van der Waals surface area contributed by atoms with Crippen LogP contribution in [0, 0.1) is 22.8 Å². The van der Waals surface area contributed by atoms with Crippen molar-refractivity contribution in [2.24, 2.45) is 10.8 Å². The molecule has 0 bridgehead atoms. The molecule has 1 amide bonds. The third-order valence-electron chi connectivity index (χ3n) is 1.33. The standard InChI is InChI=1S/C12H21NO/c1-11(2,3)7-8-13-10(14)9-12(4,5)6/h9H2,1-6H3,(H,13,14). The second-order valence-electron chi connectivity index (χ2n) is 5.79. The van der Waals surface area contributed by atoms with Crippen molar-refractivity contribution in [1.29, 1.82) is 0 Å². The molecular weight excluding hydrogens is 174 g/mol. The summed E-state index contributed by atoms with van der Waals surface area (Å²) in [6.07, 6.45) is 0.506. The van der Waals surface area contributed by atoms with Gasteiger partial charge in [-0.05, 0) is 26.2 Å². The molecule has 1 N–H and O–H groups in total. The summed E-state index contributed by atoms with van der Waals surface area (Å²) in [6, 6.07) is 2.70. The Morgan fingerprint density at radius 1 is 1.14 bits per heavy atom. The molecule has 0 saturated heterocycles. The predicted molar refractivity (Wildman–Crippen MR) is 59.4 cm³/mol. The second kappa shape index (κ2) is 4.50. The van der Waals surface area contributed by atoms with Crippen LogP contribution in [-0.2, 0) is 4.79 Å². The molecule has 2 nitrogen and oxygen atoms in total. The molecule has 0 aromatic heterocycles. The first-order valence-corrected chi connectivity index (χ1v) is 4.91. The first kappa shape index (κ1) is 13.0. The molecular formula is C12H21NO. The van der Waals surface area contributed by atoms with E-state index < -0.39 is 0 Å². The molecule has 2 heteroatoms. The summed E-state index contributed by atoms with van der Waals surface area (Å²) in [5.41, 5.74) is -0.0392. The van der Waals surface area contributed by atoms with E-state index in [0.717, 1.165) is 0 Å². The number of hydrogen-bond acceptors (Lipinski definition) is 1. The lowest BCUT2D eigenvalue weighted by atomic mass is 9.92. The van der Waals surface area contributed by atoms with Crippen LogP contribution >= 0.6 is 0 Å². The van der Waals surface area contributed by atoms with Gasteiger partial charge in [-0.3, -0.25) is 10.1 Å². The molecule has 0 aliphatic heterocycles. The molecule has 0 heterocycles. The molecule has 80 valence electrons. The van der Waals surface area contributed by atoms with Crippen molar-refractivity contribution in [2.45, 2.75) is 48.0 Å². The SMILES string of the molecule is CC(C)(C)C#CNC(=O)CC(C)(C)C. The van der Waals surface area contributed by atoms with E-state index in [1.165, 1.54) is 0 Å². The van der Waals surface area contributed by atoms with E-state index in [0.29, 0.717) is 6.42 Å². The Labute approximate surface area is 87.5 Å². The molecule has 14 heavy (non-hydrogen) atoms. The van der Waals surface area contributed by atoms with Crippen LogP contribution in [0.2, 0.25) is 0 Å². The van der Waals surface area contributed by atoms with Crippen LogP contribution in [0.15, 0.2) is 0 Å². The van der Waals surface area contributed by atoms with Crippen LogP contribution in [0.4, 0.5) is 0 Å². The smallest absolute Gasteiger partial charge is 0.231 e. The number of carbonyl (C=O) groups is 1. The van der Waals surface area contributed by atoms with Crippen LogP contribution in [-0.4, -0.2) is 5.91 Å². The van der Waals surface area contributed by atoms with Gasteiger partial charge in [-0.2, -0.15) is 0 Å². The summed E-state index contributed by atoms with van der Waals surface area (Å²) in [5, 5.41) is 2.60. The molecule has 0 aliphatic rings. The summed E-state index contributed by atoms with van der Waals surface area (Å²) in [4.78, 5) is 11.3. The van der Waals surface area contributed by atoms with Crippen molar-refractivity contribution >= 4 is 5.91 Å². The molecule has 0 aliphatic carbocycles. The molecule has 0 rings (SSSR count). The molecule has 0 saturated carbocycles. The first-order chi connectivity index (χ1) is 6.10. The lowest BCUT2D eigenvalue weighted by Gasteiger charge is -2.15. The zero-order valence-electron chi connectivity index (χ0n) is 10.1. The Hall–Kier alpha value is -0.970. The van der Waals surface area contributed by atoms with Gasteiger partial charge in [0.2, 0.25) is 5.91 Å². The maximum atomic E-state index is 11.3. The molecule has 0 spiro atoms. The summed E-state index contributed by atoms with van der Waals surface area (Å²) < 4.78 is 0. The summed E-state index contributed by atoms with van der Waals surface area (Å²) in [5.74, 6) is 2.95. The highest BCUT2D eigenvalue weighted by Gasteiger charge is 2.14. The number of hydrogen-bond donors (Lipinski definition) is 1. The minimum atomic E-state index is -0.0605. The number of amides is 1. The highest BCUT2D eigenvalue weighted by molar-refractivity contribution is 5.78. The maximum absolute atomic E-state index is 11.3. The van der Waals surface area contributed by atoms with Gasteiger partial charge in [-0.1, -0.05) is 26.7 Å². The van der Waals surface area contributed by atoms with Gasteiger partial charge in [-0.25, -0.2) is 0 Å². The third kappa shape index (κ3) is 9.12. The van der Waals surface area contributed by atoms with E-state index in [-0.39, 0.29) is 16.7 Å². The largest absolute Gasteiger partial charge is 0.285 e. The predicted octanol–water partition coefficient (Wildman–Crippen LogP) is 2.55.